The van der Waals surface area contributed by atoms with Crippen LogP contribution in [0.4, 0.5) is 0 Å². The molecule has 5 heteroatoms. The number of carbonyl (C=O) groups excluding carboxylic acids is 2. The van der Waals surface area contributed by atoms with Crippen molar-refractivity contribution in [3.05, 3.63) is 34.3 Å². The van der Waals surface area contributed by atoms with Gasteiger partial charge in [0, 0.05) is 5.02 Å². The Morgan fingerprint density at radius 3 is 1.74 bits per heavy atom. The molecule has 0 fully saturated rings. The van der Waals surface area contributed by atoms with Crippen molar-refractivity contribution in [3.8, 4) is 0 Å². The molecule has 1 rings (SSSR count). The fraction of sp³-hybridized carbons (Fsp3) is 0.636. The van der Waals surface area contributed by atoms with Gasteiger partial charge in [0.25, 0.3) is 0 Å². The van der Waals surface area contributed by atoms with E-state index in [0.29, 0.717) is 18.2 Å². The van der Waals surface area contributed by atoms with Crippen molar-refractivity contribution in [2.45, 2.75) is 78.1 Å². The van der Waals surface area contributed by atoms with Gasteiger partial charge in [-0.05, 0) is 31.0 Å². The molecule has 4 nitrogen and oxygen atoms in total. The van der Waals surface area contributed by atoms with Gasteiger partial charge in [-0.3, -0.25) is 0 Å². The minimum absolute atomic E-state index is 0.173. The number of rotatable bonds is 14. The largest absolute Gasteiger partial charge is 0.462 e. The first-order valence-electron chi connectivity index (χ1n) is 10.2. The molecule has 0 saturated heterocycles. The maximum Gasteiger partial charge on any atom is 0.339 e. The molecule has 152 valence electrons. The van der Waals surface area contributed by atoms with Crippen molar-refractivity contribution in [1.29, 1.82) is 0 Å². The molecule has 1 aromatic rings. The molecule has 0 radical (unpaired) electrons. The predicted octanol–water partition coefficient (Wildman–Crippen LogP) is 6.59. The Bertz CT molecular complexity index is 571. The SMILES string of the molecule is CCCCCCCOC(=O)c1ccc(Cl)cc1C(=O)OCCCCCCC. The van der Waals surface area contributed by atoms with Crippen LogP contribution in [-0.4, -0.2) is 25.2 Å². The Kier molecular flexibility index (Phi) is 12.6. The monoisotopic (exact) mass is 396 g/mol. The average molecular weight is 397 g/mol. The minimum atomic E-state index is -0.525. The fourth-order valence-corrected chi connectivity index (χ4v) is 2.93. The Morgan fingerprint density at radius 1 is 0.741 bits per heavy atom. The van der Waals surface area contributed by atoms with E-state index in [1.54, 1.807) is 6.07 Å². The van der Waals surface area contributed by atoms with Crippen molar-refractivity contribution in [3.63, 3.8) is 0 Å². The van der Waals surface area contributed by atoms with Crippen LogP contribution in [0, 0.1) is 0 Å². The zero-order valence-electron chi connectivity index (χ0n) is 16.7. The van der Waals surface area contributed by atoms with Crippen LogP contribution in [0.25, 0.3) is 0 Å². The Balaban J connectivity index is 2.52. The first-order chi connectivity index (χ1) is 13.1. The standard InChI is InChI=1S/C22H33ClO4/c1-3-5-7-9-11-15-26-21(24)19-14-13-18(23)17-20(19)22(25)27-16-12-10-8-6-4-2/h13-14,17H,3-12,15-16H2,1-2H3. The predicted molar refractivity (Wildman–Crippen MR) is 110 cm³/mol. The van der Waals surface area contributed by atoms with Crippen LogP contribution in [0.5, 0.6) is 0 Å². The number of halogens is 1. The summed E-state index contributed by atoms with van der Waals surface area (Å²) < 4.78 is 10.6. The summed E-state index contributed by atoms with van der Waals surface area (Å²) >= 11 is 6.00. The molecule has 0 bridgehead atoms. The highest BCUT2D eigenvalue weighted by Crippen LogP contribution is 2.19. The topological polar surface area (TPSA) is 52.6 Å². The summed E-state index contributed by atoms with van der Waals surface area (Å²) in [6.45, 7) is 5.02. The molecular weight excluding hydrogens is 364 g/mol. The molecule has 0 atom stereocenters. The van der Waals surface area contributed by atoms with Crippen molar-refractivity contribution in [1.82, 2.24) is 0 Å². The number of carbonyl (C=O) groups is 2. The van der Waals surface area contributed by atoms with E-state index in [-0.39, 0.29) is 11.1 Å². The molecule has 0 heterocycles. The van der Waals surface area contributed by atoms with E-state index >= 15 is 0 Å². The van der Waals surface area contributed by atoms with Gasteiger partial charge in [-0.25, -0.2) is 9.59 Å². The molecule has 0 aliphatic rings. The number of hydrogen-bond acceptors (Lipinski definition) is 4. The van der Waals surface area contributed by atoms with Gasteiger partial charge in [0.05, 0.1) is 24.3 Å². The Morgan fingerprint density at radius 2 is 1.22 bits per heavy atom. The highest BCUT2D eigenvalue weighted by Gasteiger charge is 2.20. The second-order valence-electron chi connectivity index (χ2n) is 6.79. The number of benzene rings is 1. The lowest BCUT2D eigenvalue weighted by atomic mass is 10.1. The molecule has 0 spiro atoms. The zero-order chi connectivity index (χ0) is 19.9. The van der Waals surface area contributed by atoms with Gasteiger partial charge in [-0.2, -0.15) is 0 Å². The number of hydrogen-bond donors (Lipinski definition) is 0. The van der Waals surface area contributed by atoms with E-state index in [9.17, 15) is 9.59 Å². The highest BCUT2D eigenvalue weighted by molar-refractivity contribution is 6.31. The van der Waals surface area contributed by atoms with E-state index in [1.165, 1.54) is 37.8 Å². The van der Waals surface area contributed by atoms with Gasteiger partial charge >= 0.3 is 11.9 Å². The van der Waals surface area contributed by atoms with Crippen LogP contribution in [0.1, 0.15) is 98.8 Å². The van der Waals surface area contributed by atoms with Crippen LogP contribution in [0.2, 0.25) is 5.02 Å². The van der Waals surface area contributed by atoms with Crippen LogP contribution in [-0.2, 0) is 9.47 Å². The van der Waals surface area contributed by atoms with Gasteiger partial charge in [0.1, 0.15) is 0 Å². The quantitative estimate of drug-likeness (QED) is 0.262. The van der Waals surface area contributed by atoms with Gasteiger partial charge in [0.2, 0.25) is 0 Å². The summed E-state index contributed by atoms with van der Waals surface area (Å²) in [7, 11) is 0. The lowest BCUT2D eigenvalue weighted by Crippen LogP contribution is -2.15. The molecular formula is C22H33ClO4. The van der Waals surface area contributed by atoms with Crippen molar-refractivity contribution < 1.29 is 19.1 Å². The van der Waals surface area contributed by atoms with Crippen molar-refractivity contribution >= 4 is 23.5 Å². The third-order valence-electron chi connectivity index (χ3n) is 4.38. The van der Waals surface area contributed by atoms with Crippen molar-refractivity contribution in [2.24, 2.45) is 0 Å². The average Bonchev–Trinajstić information content (AvgIpc) is 2.66. The molecule has 0 amide bonds. The van der Waals surface area contributed by atoms with Gasteiger partial charge in [-0.15, -0.1) is 0 Å². The highest BCUT2D eigenvalue weighted by atomic mass is 35.5. The summed E-state index contributed by atoms with van der Waals surface area (Å²) in [5, 5.41) is 0.390. The maximum atomic E-state index is 12.4. The maximum absolute atomic E-state index is 12.4. The van der Waals surface area contributed by atoms with E-state index in [2.05, 4.69) is 13.8 Å². The zero-order valence-corrected chi connectivity index (χ0v) is 17.5. The molecule has 27 heavy (non-hydrogen) atoms. The summed E-state index contributed by atoms with van der Waals surface area (Å²) in [4.78, 5) is 24.7. The van der Waals surface area contributed by atoms with E-state index in [1.807, 2.05) is 0 Å². The molecule has 0 N–H and O–H groups in total. The lowest BCUT2D eigenvalue weighted by molar-refractivity contribution is 0.0450. The Labute approximate surface area is 168 Å². The second-order valence-corrected chi connectivity index (χ2v) is 7.23. The van der Waals surface area contributed by atoms with Gasteiger partial charge in [-0.1, -0.05) is 76.8 Å². The molecule has 0 aliphatic carbocycles. The van der Waals surface area contributed by atoms with Crippen LogP contribution in [0.15, 0.2) is 18.2 Å². The summed E-state index contributed by atoms with van der Waals surface area (Å²) in [6.07, 6.45) is 10.7. The van der Waals surface area contributed by atoms with Crippen LogP contribution >= 0.6 is 11.6 Å². The first kappa shape index (κ1) is 23.5. The van der Waals surface area contributed by atoms with Gasteiger partial charge in [0.15, 0.2) is 0 Å². The molecule has 1 aromatic carbocycles. The summed E-state index contributed by atoms with van der Waals surface area (Å²) in [5.74, 6) is -1.03. The lowest BCUT2D eigenvalue weighted by Gasteiger charge is -2.10. The first-order valence-corrected chi connectivity index (χ1v) is 10.6. The van der Waals surface area contributed by atoms with E-state index < -0.39 is 11.9 Å². The second kappa shape index (κ2) is 14.5. The summed E-state index contributed by atoms with van der Waals surface area (Å²) in [6, 6.07) is 4.58. The molecule has 0 saturated carbocycles. The fourth-order valence-electron chi connectivity index (χ4n) is 2.76. The Hall–Kier alpha value is -1.55. The summed E-state index contributed by atoms with van der Waals surface area (Å²) in [5.41, 5.74) is 0.385. The van der Waals surface area contributed by atoms with Crippen LogP contribution in [0.3, 0.4) is 0 Å². The number of unbranched alkanes of at least 4 members (excludes halogenated alkanes) is 8. The van der Waals surface area contributed by atoms with Gasteiger partial charge < -0.3 is 9.47 Å². The van der Waals surface area contributed by atoms with E-state index in [4.69, 9.17) is 21.1 Å². The number of ether oxygens (including phenoxy) is 2. The third kappa shape index (κ3) is 9.81. The normalized spacial score (nSPS) is 10.6. The molecule has 0 aliphatic heterocycles. The van der Waals surface area contributed by atoms with Crippen LogP contribution < -0.4 is 0 Å². The van der Waals surface area contributed by atoms with E-state index in [0.717, 1.165) is 38.5 Å². The number of esters is 2. The van der Waals surface area contributed by atoms with Crippen molar-refractivity contribution in [2.75, 3.05) is 13.2 Å². The minimum Gasteiger partial charge on any atom is -0.462 e. The molecule has 0 unspecified atom stereocenters. The third-order valence-corrected chi connectivity index (χ3v) is 4.62. The smallest absolute Gasteiger partial charge is 0.339 e. The molecule has 0 aromatic heterocycles.